The minimum absolute atomic E-state index is 0.0340. The van der Waals surface area contributed by atoms with Crippen LogP contribution in [0, 0.1) is 0 Å². The Bertz CT molecular complexity index is 1040. The topological polar surface area (TPSA) is 78.7 Å². The highest BCUT2D eigenvalue weighted by Gasteiger charge is 2.23. The first-order valence-electron chi connectivity index (χ1n) is 8.89. The molecule has 3 aromatic rings. The number of carbonyl (C=O) groups excluding carboxylic acids is 1. The lowest BCUT2D eigenvalue weighted by molar-refractivity contribution is -0.132. The predicted octanol–water partition coefficient (Wildman–Crippen LogP) is 1.45. The van der Waals surface area contributed by atoms with Crippen LogP contribution in [0.1, 0.15) is 0 Å². The number of aromatic nitrogens is 2. The van der Waals surface area contributed by atoms with Crippen LogP contribution >= 0.6 is 0 Å². The van der Waals surface area contributed by atoms with Crippen LogP contribution in [-0.4, -0.2) is 51.9 Å². The number of fused-ring (bicyclic) bond motifs is 1. The number of hydrogen-bond donors (Lipinski definition) is 1. The molecule has 0 aliphatic carbocycles. The predicted molar refractivity (Wildman–Crippen MR) is 103 cm³/mol. The number of nitrogens with zero attached hydrogens (tertiary/aromatic N) is 4. The van der Waals surface area contributed by atoms with Gasteiger partial charge >= 0.3 is 0 Å². The number of phenolic OH excluding ortho intramolecular Hbond substituents is 1. The van der Waals surface area contributed by atoms with Crippen molar-refractivity contribution in [2.75, 3.05) is 31.1 Å². The average molecular weight is 364 g/mol. The molecule has 0 atom stereocenters. The normalized spacial score (nSPS) is 14.5. The highest BCUT2D eigenvalue weighted by Crippen LogP contribution is 2.27. The third kappa shape index (κ3) is 3.36. The molecule has 7 nitrogen and oxygen atoms in total. The van der Waals surface area contributed by atoms with Crippen molar-refractivity contribution in [1.29, 1.82) is 0 Å². The number of phenols is 1. The van der Waals surface area contributed by atoms with E-state index in [1.54, 1.807) is 39.9 Å². The maximum absolute atomic E-state index is 12.7. The lowest BCUT2D eigenvalue weighted by Crippen LogP contribution is -2.49. The maximum Gasteiger partial charge on any atom is 0.244 e. The Morgan fingerprint density at radius 1 is 1.00 bits per heavy atom. The van der Waals surface area contributed by atoms with Crippen LogP contribution in [0.2, 0.25) is 0 Å². The second-order valence-electron chi connectivity index (χ2n) is 6.54. The molecular weight excluding hydrogens is 344 g/mol. The number of amides is 1. The van der Waals surface area contributed by atoms with E-state index in [-0.39, 0.29) is 23.6 Å². The van der Waals surface area contributed by atoms with Crippen molar-refractivity contribution < 1.29 is 9.90 Å². The molecule has 1 fully saturated rings. The van der Waals surface area contributed by atoms with E-state index in [1.807, 2.05) is 18.2 Å². The molecule has 4 rings (SSSR count). The van der Waals surface area contributed by atoms with Crippen LogP contribution in [0.25, 0.3) is 10.9 Å². The second-order valence-corrected chi connectivity index (χ2v) is 6.54. The van der Waals surface area contributed by atoms with Crippen LogP contribution in [0.3, 0.4) is 0 Å². The lowest BCUT2D eigenvalue weighted by atomic mass is 10.2. The molecule has 0 unspecified atom stereocenters. The van der Waals surface area contributed by atoms with E-state index in [9.17, 15) is 14.7 Å². The van der Waals surface area contributed by atoms with Gasteiger partial charge in [0, 0.05) is 31.6 Å². The van der Waals surface area contributed by atoms with E-state index < -0.39 is 0 Å². The third-order valence-corrected chi connectivity index (χ3v) is 4.90. The van der Waals surface area contributed by atoms with Crippen LogP contribution in [-0.2, 0) is 11.3 Å². The van der Waals surface area contributed by atoms with Gasteiger partial charge in [0.05, 0.1) is 17.4 Å². The largest absolute Gasteiger partial charge is 0.506 e. The minimum atomic E-state index is -0.148. The molecule has 0 bridgehead atoms. The van der Waals surface area contributed by atoms with Gasteiger partial charge in [0.1, 0.15) is 12.3 Å². The summed E-state index contributed by atoms with van der Waals surface area (Å²) in [6.45, 7) is 2.55. The SMILES string of the molecule is O=C(Cn1ncc(=O)c2ccccc21)N1CCN(c2ccccc2O)CC1. The third-order valence-electron chi connectivity index (χ3n) is 4.90. The quantitative estimate of drug-likeness (QED) is 0.761. The molecule has 0 spiro atoms. The van der Waals surface area contributed by atoms with E-state index in [1.165, 1.54) is 6.20 Å². The van der Waals surface area contributed by atoms with Crippen molar-refractivity contribution >= 4 is 22.5 Å². The number of carbonyl (C=O) groups is 1. The van der Waals surface area contributed by atoms with Gasteiger partial charge in [-0.15, -0.1) is 0 Å². The lowest BCUT2D eigenvalue weighted by Gasteiger charge is -2.36. The van der Waals surface area contributed by atoms with Crippen molar-refractivity contribution in [3.63, 3.8) is 0 Å². The number of para-hydroxylation sites is 3. The van der Waals surface area contributed by atoms with Gasteiger partial charge in [-0.05, 0) is 24.3 Å². The van der Waals surface area contributed by atoms with Gasteiger partial charge in [0.2, 0.25) is 11.3 Å². The number of aromatic hydroxyl groups is 1. The Balaban J connectivity index is 1.46. The first-order valence-corrected chi connectivity index (χ1v) is 8.89. The van der Waals surface area contributed by atoms with E-state index in [0.717, 1.165) is 5.69 Å². The van der Waals surface area contributed by atoms with Crippen molar-refractivity contribution in [3.05, 3.63) is 65.0 Å². The smallest absolute Gasteiger partial charge is 0.244 e. The summed E-state index contributed by atoms with van der Waals surface area (Å²) in [6.07, 6.45) is 1.26. The summed E-state index contributed by atoms with van der Waals surface area (Å²) >= 11 is 0. The maximum atomic E-state index is 12.7. The fourth-order valence-corrected chi connectivity index (χ4v) is 3.44. The standard InChI is InChI=1S/C20H20N4O3/c25-18-8-4-3-7-17(18)22-9-11-23(12-10-22)20(27)14-24-16-6-2-1-5-15(16)19(26)13-21-24/h1-8,13,25H,9-12,14H2. The van der Waals surface area contributed by atoms with Crippen molar-refractivity contribution in [1.82, 2.24) is 14.7 Å². The molecule has 1 aliphatic rings. The molecule has 138 valence electrons. The van der Waals surface area contributed by atoms with Crippen LogP contribution < -0.4 is 10.3 Å². The molecule has 7 heteroatoms. The summed E-state index contributed by atoms with van der Waals surface area (Å²) in [7, 11) is 0. The first kappa shape index (κ1) is 17.1. The van der Waals surface area contributed by atoms with E-state index in [4.69, 9.17) is 0 Å². The minimum Gasteiger partial charge on any atom is -0.506 e. The molecule has 0 saturated carbocycles. The summed E-state index contributed by atoms with van der Waals surface area (Å²) in [5, 5.41) is 14.7. The summed E-state index contributed by atoms with van der Waals surface area (Å²) in [4.78, 5) is 28.5. The fourth-order valence-electron chi connectivity index (χ4n) is 3.44. The van der Waals surface area contributed by atoms with Crippen molar-refractivity contribution in [2.24, 2.45) is 0 Å². The number of hydrogen-bond acceptors (Lipinski definition) is 5. The summed E-state index contributed by atoms with van der Waals surface area (Å²) in [5.74, 6) is 0.217. The average Bonchev–Trinajstić information content (AvgIpc) is 2.71. The number of rotatable bonds is 3. The molecule has 2 aromatic carbocycles. The van der Waals surface area contributed by atoms with Gasteiger partial charge in [-0.2, -0.15) is 5.10 Å². The molecule has 1 aliphatic heterocycles. The number of piperazine rings is 1. The fraction of sp³-hybridized carbons (Fsp3) is 0.250. The molecule has 0 radical (unpaired) electrons. The van der Waals surface area contributed by atoms with Gasteiger partial charge in [-0.1, -0.05) is 24.3 Å². The van der Waals surface area contributed by atoms with Gasteiger partial charge in [0.25, 0.3) is 0 Å². The van der Waals surface area contributed by atoms with Crippen LogP contribution in [0.5, 0.6) is 5.75 Å². The van der Waals surface area contributed by atoms with E-state index in [0.29, 0.717) is 37.1 Å². The summed E-state index contributed by atoms with van der Waals surface area (Å²) in [5.41, 5.74) is 1.30. The molecule has 1 amide bonds. The number of benzene rings is 2. The van der Waals surface area contributed by atoms with Crippen molar-refractivity contribution in [2.45, 2.75) is 6.54 Å². The van der Waals surface area contributed by atoms with E-state index in [2.05, 4.69) is 10.00 Å². The van der Waals surface area contributed by atoms with Gasteiger partial charge in [0.15, 0.2) is 0 Å². The Morgan fingerprint density at radius 3 is 2.48 bits per heavy atom. The van der Waals surface area contributed by atoms with Crippen LogP contribution in [0.4, 0.5) is 5.69 Å². The van der Waals surface area contributed by atoms with Gasteiger partial charge in [-0.25, -0.2) is 0 Å². The van der Waals surface area contributed by atoms with E-state index >= 15 is 0 Å². The molecular formula is C20H20N4O3. The summed E-state index contributed by atoms with van der Waals surface area (Å²) in [6, 6.07) is 14.4. The van der Waals surface area contributed by atoms with Crippen LogP contribution in [0.15, 0.2) is 59.5 Å². The Hall–Kier alpha value is -3.35. The monoisotopic (exact) mass is 364 g/mol. The highest BCUT2D eigenvalue weighted by molar-refractivity contribution is 5.81. The molecule has 1 aromatic heterocycles. The van der Waals surface area contributed by atoms with Gasteiger partial charge < -0.3 is 14.9 Å². The second kappa shape index (κ2) is 7.11. The Labute approximate surface area is 156 Å². The molecule has 2 heterocycles. The molecule has 1 N–H and O–H groups in total. The Morgan fingerprint density at radius 2 is 1.70 bits per heavy atom. The number of anilines is 1. The zero-order valence-electron chi connectivity index (χ0n) is 14.8. The van der Waals surface area contributed by atoms with Gasteiger partial charge in [-0.3, -0.25) is 14.3 Å². The molecule has 27 heavy (non-hydrogen) atoms. The zero-order valence-corrected chi connectivity index (χ0v) is 14.8. The highest BCUT2D eigenvalue weighted by atomic mass is 16.3. The summed E-state index contributed by atoms with van der Waals surface area (Å²) < 4.78 is 1.58. The Kier molecular flexibility index (Phi) is 4.50. The zero-order chi connectivity index (χ0) is 18.8. The molecule has 1 saturated heterocycles. The first-order chi connectivity index (χ1) is 13.1. The van der Waals surface area contributed by atoms with Crippen molar-refractivity contribution in [3.8, 4) is 5.75 Å².